The van der Waals surface area contributed by atoms with Gasteiger partial charge in [-0.15, -0.1) is 0 Å². The maximum atomic E-state index is 11.7. The monoisotopic (exact) mass is 211 g/mol. The molecule has 0 aromatic rings. The van der Waals surface area contributed by atoms with Gasteiger partial charge in [0.15, 0.2) is 5.78 Å². The average Bonchev–Trinajstić information content (AvgIpc) is 2.38. The van der Waals surface area contributed by atoms with E-state index in [4.69, 9.17) is 4.74 Å². The van der Waals surface area contributed by atoms with Gasteiger partial charge >= 0.3 is 6.09 Å². The third-order valence-corrected chi connectivity index (χ3v) is 2.94. The molecule has 1 aliphatic carbocycles. The van der Waals surface area contributed by atoms with Crippen molar-refractivity contribution in [2.24, 2.45) is 5.92 Å². The van der Waals surface area contributed by atoms with Gasteiger partial charge in [0.2, 0.25) is 0 Å². The number of hydrogen-bond acceptors (Lipinski definition) is 3. The summed E-state index contributed by atoms with van der Waals surface area (Å²) in [6, 6.07) is -0.181. The maximum Gasteiger partial charge on any atom is 0.410 e. The quantitative estimate of drug-likeness (QED) is 0.611. The van der Waals surface area contributed by atoms with Gasteiger partial charge in [-0.3, -0.25) is 9.69 Å². The number of carbonyl (C=O) groups excluding carboxylic acids is 2. The molecule has 2 aliphatic rings. The molecule has 0 N–H and O–H groups in total. The Morgan fingerprint density at radius 3 is 2.67 bits per heavy atom. The summed E-state index contributed by atoms with van der Waals surface area (Å²) < 4.78 is 5.26. The Morgan fingerprint density at radius 1 is 1.47 bits per heavy atom. The van der Waals surface area contributed by atoms with Crippen LogP contribution in [0.2, 0.25) is 0 Å². The minimum atomic E-state index is -0.484. The number of fused-ring (bicyclic) bond motifs is 1. The molecule has 2 atom stereocenters. The highest BCUT2D eigenvalue weighted by Crippen LogP contribution is 2.38. The second-order valence-corrected chi connectivity index (χ2v) is 5.34. The Morgan fingerprint density at radius 2 is 2.13 bits per heavy atom. The van der Waals surface area contributed by atoms with E-state index in [1.165, 1.54) is 0 Å². The van der Waals surface area contributed by atoms with Gasteiger partial charge in [-0.2, -0.15) is 0 Å². The number of amides is 1. The summed E-state index contributed by atoms with van der Waals surface area (Å²) in [6.07, 6.45) is 1.24. The number of hydrogen-bond donors (Lipinski definition) is 0. The van der Waals surface area contributed by atoms with Gasteiger partial charge in [0.25, 0.3) is 0 Å². The summed E-state index contributed by atoms with van der Waals surface area (Å²) in [6.45, 7) is 6.17. The van der Waals surface area contributed by atoms with Crippen LogP contribution in [0, 0.1) is 5.92 Å². The fraction of sp³-hybridized carbons (Fsp3) is 0.818. The molecule has 4 heteroatoms. The van der Waals surface area contributed by atoms with E-state index in [-0.39, 0.29) is 17.9 Å². The van der Waals surface area contributed by atoms with E-state index in [2.05, 4.69) is 0 Å². The molecule has 1 saturated heterocycles. The van der Waals surface area contributed by atoms with Crippen molar-refractivity contribution in [1.29, 1.82) is 0 Å². The zero-order valence-electron chi connectivity index (χ0n) is 9.45. The lowest BCUT2D eigenvalue weighted by Gasteiger charge is -2.35. The van der Waals surface area contributed by atoms with Crippen LogP contribution in [0.4, 0.5) is 4.79 Å². The molecular weight excluding hydrogens is 194 g/mol. The van der Waals surface area contributed by atoms with Crippen LogP contribution in [-0.2, 0) is 9.53 Å². The standard InChI is InChI=1S/C11H17NO3/c1-11(2,3)15-10(14)12-5-4-7-6-8(13)9(7)12/h7,9H,4-6H2,1-3H3. The topological polar surface area (TPSA) is 46.6 Å². The molecule has 1 amide bonds. The lowest BCUT2D eigenvalue weighted by molar-refractivity contribution is -0.132. The second kappa shape index (κ2) is 3.22. The van der Waals surface area contributed by atoms with Crippen LogP contribution in [0.25, 0.3) is 0 Å². The molecule has 0 aromatic heterocycles. The van der Waals surface area contributed by atoms with Crippen molar-refractivity contribution in [2.75, 3.05) is 6.54 Å². The van der Waals surface area contributed by atoms with Gasteiger partial charge in [0, 0.05) is 13.0 Å². The average molecular weight is 211 g/mol. The van der Waals surface area contributed by atoms with E-state index in [0.717, 1.165) is 6.42 Å². The lowest BCUT2D eigenvalue weighted by atomic mass is 9.79. The Kier molecular flexibility index (Phi) is 2.24. The predicted molar refractivity (Wildman–Crippen MR) is 54.5 cm³/mol. The summed E-state index contributed by atoms with van der Waals surface area (Å²) in [5.74, 6) is 0.577. The van der Waals surface area contributed by atoms with Gasteiger partial charge < -0.3 is 4.74 Å². The van der Waals surface area contributed by atoms with Gasteiger partial charge in [0.05, 0.1) is 6.04 Å². The summed E-state index contributed by atoms with van der Waals surface area (Å²) in [5, 5.41) is 0. The Hall–Kier alpha value is -1.06. The van der Waals surface area contributed by atoms with E-state index in [0.29, 0.717) is 18.9 Å². The molecule has 1 heterocycles. The first-order valence-corrected chi connectivity index (χ1v) is 5.41. The molecule has 2 unspecified atom stereocenters. The van der Waals surface area contributed by atoms with Crippen LogP contribution in [-0.4, -0.2) is 35.0 Å². The second-order valence-electron chi connectivity index (χ2n) is 5.34. The van der Waals surface area contributed by atoms with Crippen molar-refractivity contribution < 1.29 is 14.3 Å². The molecule has 15 heavy (non-hydrogen) atoms. The number of rotatable bonds is 0. The normalized spacial score (nSPS) is 29.8. The Balaban J connectivity index is 2.00. The zero-order valence-corrected chi connectivity index (χ0v) is 9.45. The molecule has 2 fully saturated rings. The summed E-state index contributed by atoms with van der Waals surface area (Å²) in [5.41, 5.74) is -0.484. The highest BCUT2D eigenvalue weighted by atomic mass is 16.6. The van der Waals surface area contributed by atoms with Crippen molar-refractivity contribution in [3.05, 3.63) is 0 Å². The van der Waals surface area contributed by atoms with Crippen molar-refractivity contribution in [3.8, 4) is 0 Å². The summed E-state index contributed by atoms with van der Waals surface area (Å²) >= 11 is 0. The number of likely N-dealkylation sites (tertiary alicyclic amines) is 1. The maximum absolute atomic E-state index is 11.7. The molecule has 1 saturated carbocycles. The third-order valence-electron chi connectivity index (χ3n) is 2.94. The van der Waals surface area contributed by atoms with E-state index in [9.17, 15) is 9.59 Å². The fourth-order valence-corrected chi connectivity index (χ4v) is 2.25. The minimum Gasteiger partial charge on any atom is -0.444 e. The van der Waals surface area contributed by atoms with Crippen molar-refractivity contribution in [2.45, 2.75) is 45.3 Å². The van der Waals surface area contributed by atoms with E-state index in [1.54, 1.807) is 4.90 Å². The minimum absolute atomic E-state index is 0.181. The largest absolute Gasteiger partial charge is 0.444 e. The first-order valence-electron chi connectivity index (χ1n) is 5.41. The van der Waals surface area contributed by atoms with E-state index < -0.39 is 5.60 Å². The fourth-order valence-electron chi connectivity index (χ4n) is 2.25. The number of Topliss-reactive ketones (excluding diaryl/α,β-unsaturated/α-hetero) is 1. The molecule has 0 radical (unpaired) electrons. The smallest absolute Gasteiger partial charge is 0.410 e. The van der Waals surface area contributed by atoms with Crippen LogP contribution in [0.5, 0.6) is 0 Å². The van der Waals surface area contributed by atoms with Crippen LogP contribution in [0.1, 0.15) is 33.6 Å². The number of ketones is 1. The SMILES string of the molecule is CC(C)(C)OC(=O)N1CCC2CC(=O)C21. The molecular formula is C11H17NO3. The van der Waals surface area contributed by atoms with E-state index in [1.807, 2.05) is 20.8 Å². The molecule has 4 nitrogen and oxygen atoms in total. The Bertz CT molecular complexity index is 305. The molecule has 0 bridgehead atoms. The summed E-state index contributed by atoms with van der Waals surface area (Å²) in [7, 11) is 0. The molecule has 84 valence electrons. The van der Waals surface area contributed by atoms with Crippen molar-refractivity contribution in [1.82, 2.24) is 4.90 Å². The molecule has 0 aromatic carbocycles. The number of nitrogens with zero attached hydrogens (tertiary/aromatic N) is 1. The van der Waals surface area contributed by atoms with Crippen molar-refractivity contribution >= 4 is 11.9 Å². The Labute approximate surface area is 89.6 Å². The van der Waals surface area contributed by atoms with Crippen molar-refractivity contribution in [3.63, 3.8) is 0 Å². The third kappa shape index (κ3) is 1.85. The van der Waals surface area contributed by atoms with Gasteiger partial charge in [-0.25, -0.2) is 4.79 Å². The lowest BCUT2D eigenvalue weighted by Crippen LogP contribution is -2.51. The van der Waals surface area contributed by atoms with Crippen LogP contribution in [0.15, 0.2) is 0 Å². The van der Waals surface area contributed by atoms with Gasteiger partial charge in [-0.1, -0.05) is 0 Å². The molecule has 0 spiro atoms. The van der Waals surface area contributed by atoms with Gasteiger partial charge in [-0.05, 0) is 33.1 Å². The number of ether oxygens (including phenoxy) is 1. The highest BCUT2D eigenvalue weighted by Gasteiger charge is 2.50. The highest BCUT2D eigenvalue weighted by molar-refractivity contribution is 5.94. The molecule has 1 aliphatic heterocycles. The predicted octanol–water partition coefficient (Wildman–Crippen LogP) is 1.58. The number of carbonyl (C=O) groups is 2. The molecule has 2 rings (SSSR count). The van der Waals surface area contributed by atoms with Crippen LogP contribution < -0.4 is 0 Å². The van der Waals surface area contributed by atoms with E-state index >= 15 is 0 Å². The van der Waals surface area contributed by atoms with Crippen LogP contribution >= 0.6 is 0 Å². The summed E-state index contributed by atoms with van der Waals surface area (Å²) in [4.78, 5) is 24.7. The first-order chi connectivity index (χ1) is 6.88. The first kappa shape index (κ1) is 10.5. The van der Waals surface area contributed by atoms with Gasteiger partial charge in [0.1, 0.15) is 5.60 Å². The zero-order chi connectivity index (χ0) is 11.2. The van der Waals surface area contributed by atoms with Crippen LogP contribution in [0.3, 0.4) is 0 Å².